The second kappa shape index (κ2) is 16.9. The molecule has 36 heavy (non-hydrogen) atoms. The third kappa shape index (κ3) is 10.9. The standard InChI is InChI=1S/C31H42N2O2S/c1-2-3-4-5-6-7-8-9-10-11-12-13-22-35-30-16-14-15-28(24-30)31(34)32-29-19-17-27(18-20-29)25-33-21-23-36-26-33/h14-21,23-24,26H,2-13,22,25H2,1H3/p+1. The summed E-state index contributed by atoms with van der Waals surface area (Å²) in [6, 6.07) is 15.5. The average molecular weight is 508 g/mol. The predicted octanol–water partition coefficient (Wildman–Crippen LogP) is 8.42. The number of rotatable bonds is 18. The zero-order valence-corrected chi connectivity index (χ0v) is 22.7. The first-order chi connectivity index (χ1) is 17.7. The molecule has 1 heterocycles. The van der Waals surface area contributed by atoms with E-state index in [1.165, 1.54) is 76.2 Å². The second-order valence-electron chi connectivity index (χ2n) is 9.62. The maximum atomic E-state index is 12.7. The van der Waals surface area contributed by atoms with Crippen LogP contribution in [-0.2, 0) is 6.54 Å². The van der Waals surface area contributed by atoms with Crippen molar-refractivity contribution in [3.05, 3.63) is 76.7 Å². The van der Waals surface area contributed by atoms with Crippen LogP contribution in [0.2, 0.25) is 0 Å². The molecule has 3 rings (SSSR count). The van der Waals surface area contributed by atoms with Gasteiger partial charge in [-0.3, -0.25) is 4.79 Å². The van der Waals surface area contributed by atoms with Crippen molar-refractivity contribution in [1.29, 1.82) is 0 Å². The summed E-state index contributed by atoms with van der Waals surface area (Å²) < 4.78 is 8.06. The lowest BCUT2D eigenvalue weighted by Gasteiger charge is -2.09. The molecular formula is C31H43N2O2S+. The molecule has 0 spiro atoms. The Kier molecular flexibility index (Phi) is 13.1. The first kappa shape index (κ1) is 27.9. The van der Waals surface area contributed by atoms with Gasteiger partial charge in [-0.05, 0) is 36.8 Å². The number of anilines is 1. The fourth-order valence-electron chi connectivity index (χ4n) is 4.32. The lowest BCUT2D eigenvalue weighted by Crippen LogP contribution is -2.30. The minimum absolute atomic E-state index is 0.120. The summed E-state index contributed by atoms with van der Waals surface area (Å²) in [4.78, 5) is 12.7. The molecule has 2 aromatic carbocycles. The highest BCUT2D eigenvalue weighted by Crippen LogP contribution is 2.17. The number of aromatic nitrogens is 1. The van der Waals surface area contributed by atoms with E-state index < -0.39 is 0 Å². The molecule has 1 aromatic heterocycles. The van der Waals surface area contributed by atoms with E-state index in [9.17, 15) is 4.79 Å². The SMILES string of the molecule is CCCCCCCCCCCCCCOc1cccc(C(=O)Nc2ccc(C[n+]3ccsc3)cc2)c1. The molecule has 0 saturated carbocycles. The van der Waals surface area contributed by atoms with Crippen molar-refractivity contribution in [3.8, 4) is 5.75 Å². The third-order valence-electron chi connectivity index (χ3n) is 6.47. The van der Waals surface area contributed by atoms with E-state index >= 15 is 0 Å². The lowest BCUT2D eigenvalue weighted by atomic mass is 10.1. The Morgan fingerprint density at radius 2 is 1.53 bits per heavy atom. The van der Waals surface area contributed by atoms with Crippen LogP contribution in [0.3, 0.4) is 0 Å². The molecule has 1 N–H and O–H groups in total. The molecule has 0 saturated heterocycles. The molecule has 5 heteroatoms. The molecule has 0 atom stereocenters. The van der Waals surface area contributed by atoms with Crippen LogP contribution in [0.15, 0.2) is 65.6 Å². The van der Waals surface area contributed by atoms with Crippen molar-refractivity contribution in [1.82, 2.24) is 0 Å². The van der Waals surface area contributed by atoms with Gasteiger partial charge in [0.2, 0.25) is 5.51 Å². The number of amides is 1. The van der Waals surface area contributed by atoms with Crippen LogP contribution in [0.1, 0.15) is 99.9 Å². The monoisotopic (exact) mass is 507 g/mol. The van der Waals surface area contributed by atoms with Gasteiger partial charge in [-0.1, -0.05) is 107 Å². The Balaban J connectivity index is 1.28. The minimum atomic E-state index is -0.120. The van der Waals surface area contributed by atoms with Crippen LogP contribution < -0.4 is 14.6 Å². The van der Waals surface area contributed by atoms with Crippen LogP contribution >= 0.6 is 11.3 Å². The largest absolute Gasteiger partial charge is 0.494 e. The van der Waals surface area contributed by atoms with Crippen LogP contribution in [0.4, 0.5) is 5.69 Å². The van der Waals surface area contributed by atoms with Gasteiger partial charge in [-0.2, -0.15) is 4.57 Å². The summed E-state index contributed by atoms with van der Waals surface area (Å²) >= 11 is 1.68. The molecule has 3 aromatic rings. The molecule has 4 nitrogen and oxygen atoms in total. The van der Waals surface area contributed by atoms with Gasteiger partial charge in [0.15, 0.2) is 12.7 Å². The number of ether oxygens (including phenoxy) is 1. The summed E-state index contributed by atoms with van der Waals surface area (Å²) in [5.74, 6) is 0.639. The topological polar surface area (TPSA) is 42.2 Å². The Morgan fingerprint density at radius 1 is 0.861 bits per heavy atom. The second-order valence-corrected chi connectivity index (χ2v) is 10.4. The molecule has 0 aliphatic carbocycles. The summed E-state index contributed by atoms with van der Waals surface area (Å²) in [5.41, 5.74) is 4.69. The predicted molar refractivity (Wildman–Crippen MR) is 151 cm³/mol. The summed E-state index contributed by atoms with van der Waals surface area (Å²) in [6.07, 6.45) is 18.0. The molecular weight excluding hydrogens is 464 g/mol. The number of nitrogens with zero attached hydrogens (tertiary/aromatic N) is 1. The van der Waals surface area contributed by atoms with E-state index in [1.807, 2.05) is 36.4 Å². The van der Waals surface area contributed by atoms with Crippen molar-refractivity contribution >= 4 is 22.9 Å². The first-order valence-electron chi connectivity index (χ1n) is 13.8. The molecule has 0 unspecified atom stereocenters. The van der Waals surface area contributed by atoms with E-state index in [4.69, 9.17) is 4.74 Å². The molecule has 1 amide bonds. The zero-order valence-electron chi connectivity index (χ0n) is 21.9. The van der Waals surface area contributed by atoms with Gasteiger partial charge in [0.25, 0.3) is 5.91 Å². The molecule has 0 bridgehead atoms. The Hall–Kier alpha value is -2.66. The zero-order chi connectivity index (χ0) is 25.3. The highest BCUT2D eigenvalue weighted by atomic mass is 32.1. The number of carbonyl (C=O) groups excluding carboxylic acids is 1. The fraction of sp³-hybridized carbons (Fsp3) is 0.484. The molecule has 0 radical (unpaired) electrons. The highest BCUT2D eigenvalue weighted by Gasteiger charge is 2.09. The number of nitrogens with one attached hydrogen (secondary N) is 1. The van der Waals surface area contributed by atoms with E-state index in [0.29, 0.717) is 12.2 Å². The number of hydrogen-bond acceptors (Lipinski definition) is 3. The summed E-state index contributed by atoms with van der Waals surface area (Å²) in [7, 11) is 0. The maximum Gasteiger partial charge on any atom is 0.255 e. The Labute approximate surface area is 221 Å². The normalized spacial score (nSPS) is 10.9. The number of unbranched alkanes of at least 4 members (excludes halogenated alkanes) is 11. The number of hydrogen-bond donors (Lipinski definition) is 1. The molecule has 194 valence electrons. The van der Waals surface area contributed by atoms with Crippen LogP contribution in [0.5, 0.6) is 5.75 Å². The van der Waals surface area contributed by atoms with Gasteiger partial charge in [-0.25, -0.2) is 0 Å². The molecule has 0 aliphatic rings. The smallest absolute Gasteiger partial charge is 0.255 e. The van der Waals surface area contributed by atoms with Crippen LogP contribution in [-0.4, -0.2) is 12.5 Å². The van der Waals surface area contributed by atoms with E-state index in [0.717, 1.165) is 24.4 Å². The highest BCUT2D eigenvalue weighted by molar-refractivity contribution is 7.07. The molecule has 0 fully saturated rings. The fourth-order valence-corrected chi connectivity index (χ4v) is 4.92. The van der Waals surface area contributed by atoms with Gasteiger partial charge in [0, 0.05) is 16.8 Å². The summed E-state index contributed by atoms with van der Waals surface area (Å²) in [6.45, 7) is 3.80. The van der Waals surface area contributed by atoms with E-state index in [-0.39, 0.29) is 5.91 Å². The number of benzene rings is 2. The Bertz CT molecular complexity index is 986. The average Bonchev–Trinajstić information content (AvgIpc) is 3.41. The quantitative estimate of drug-likeness (QED) is 0.139. The van der Waals surface area contributed by atoms with Crippen molar-refractivity contribution in [2.75, 3.05) is 11.9 Å². The van der Waals surface area contributed by atoms with Crippen molar-refractivity contribution in [3.63, 3.8) is 0 Å². The Morgan fingerprint density at radius 3 is 2.17 bits per heavy atom. The maximum absolute atomic E-state index is 12.7. The van der Waals surface area contributed by atoms with E-state index in [2.05, 4.69) is 46.0 Å². The van der Waals surface area contributed by atoms with Crippen LogP contribution in [0.25, 0.3) is 0 Å². The van der Waals surface area contributed by atoms with Crippen LogP contribution in [0, 0.1) is 0 Å². The number of thiazole rings is 1. The van der Waals surface area contributed by atoms with E-state index in [1.54, 1.807) is 11.3 Å². The van der Waals surface area contributed by atoms with Crippen molar-refractivity contribution in [2.24, 2.45) is 0 Å². The number of carbonyl (C=O) groups is 1. The van der Waals surface area contributed by atoms with Gasteiger partial charge in [0.05, 0.1) is 12.0 Å². The first-order valence-corrected chi connectivity index (χ1v) is 14.7. The lowest BCUT2D eigenvalue weighted by molar-refractivity contribution is -0.683. The van der Waals surface area contributed by atoms with Crippen molar-refractivity contribution < 1.29 is 14.1 Å². The molecule has 0 aliphatic heterocycles. The third-order valence-corrected chi connectivity index (χ3v) is 7.14. The minimum Gasteiger partial charge on any atom is -0.494 e. The van der Waals surface area contributed by atoms with Gasteiger partial charge >= 0.3 is 0 Å². The van der Waals surface area contributed by atoms with Gasteiger partial charge < -0.3 is 10.1 Å². The van der Waals surface area contributed by atoms with Crippen molar-refractivity contribution in [2.45, 2.75) is 90.5 Å². The van der Waals surface area contributed by atoms with Gasteiger partial charge in [-0.15, -0.1) is 0 Å². The van der Waals surface area contributed by atoms with Gasteiger partial charge in [0.1, 0.15) is 5.75 Å². The summed E-state index contributed by atoms with van der Waals surface area (Å²) in [5, 5.41) is 5.05.